The van der Waals surface area contributed by atoms with Gasteiger partial charge in [-0.2, -0.15) is 0 Å². The second kappa shape index (κ2) is 4.89. The van der Waals surface area contributed by atoms with Gasteiger partial charge in [0.05, 0.1) is 0 Å². The van der Waals surface area contributed by atoms with Gasteiger partial charge >= 0.3 is 6.01 Å². The first-order valence-corrected chi connectivity index (χ1v) is 6.02. The van der Waals surface area contributed by atoms with Crippen LogP contribution in [0.1, 0.15) is 0 Å². The van der Waals surface area contributed by atoms with Crippen LogP contribution in [0, 0.1) is 3.57 Å². The summed E-state index contributed by atoms with van der Waals surface area (Å²) in [4.78, 5) is 8.09. The topological polar surface area (TPSA) is 35.0 Å². The number of hydrogen-bond acceptors (Lipinski definition) is 3. The molecule has 0 saturated heterocycles. The molecule has 0 N–H and O–H groups in total. The quantitative estimate of drug-likeness (QED) is 0.750. The second-order valence-corrected chi connectivity index (χ2v) is 4.90. The Kier molecular flexibility index (Phi) is 3.53. The van der Waals surface area contributed by atoms with Crippen molar-refractivity contribution in [2.45, 2.75) is 0 Å². The van der Waals surface area contributed by atoms with Gasteiger partial charge in [0.1, 0.15) is 5.75 Å². The van der Waals surface area contributed by atoms with Crippen LogP contribution in [0.5, 0.6) is 11.8 Å². The highest BCUT2D eigenvalue weighted by Gasteiger charge is 1.99. The third-order valence-electron chi connectivity index (χ3n) is 1.62. The fraction of sp³-hybridized carbons (Fsp3) is 0. The van der Waals surface area contributed by atoms with Crippen molar-refractivity contribution in [1.29, 1.82) is 0 Å². The van der Waals surface area contributed by atoms with Crippen molar-refractivity contribution in [3.63, 3.8) is 0 Å². The number of hydrogen-bond donors (Lipinski definition) is 0. The summed E-state index contributed by atoms with van der Waals surface area (Å²) in [5.74, 6) is 0.722. The van der Waals surface area contributed by atoms with Crippen molar-refractivity contribution < 1.29 is 4.74 Å². The first-order valence-electron chi connectivity index (χ1n) is 4.15. The molecule has 15 heavy (non-hydrogen) atoms. The molecule has 0 aliphatic carbocycles. The predicted octanol–water partition coefficient (Wildman–Crippen LogP) is 3.64. The SMILES string of the molecule is Brc1ccc(Oc2ncc(I)cn2)cc1. The first kappa shape index (κ1) is 10.8. The third kappa shape index (κ3) is 3.13. The van der Waals surface area contributed by atoms with E-state index in [1.54, 1.807) is 12.4 Å². The average Bonchev–Trinajstić information content (AvgIpc) is 2.25. The summed E-state index contributed by atoms with van der Waals surface area (Å²) < 4.78 is 7.44. The summed E-state index contributed by atoms with van der Waals surface area (Å²) in [7, 11) is 0. The molecule has 0 bridgehead atoms. The van der Waals surface area contributed by atoms with E-state index in [1.165, 1.54) is 0 Å². The van der Waals surface area contributed by atoms with Crippen molar-refractivity contribution in [2.24, 2.45) is 0 Å². The standard InChI is InChI=1S/C10H6BrIN2O/c11-7-1-3-9(4-2-7)15-10-13-5-8(12)6-14-10/h1-6H. The fourth-order valence-electron chi connectivity index (χ4n) is 0.961. The van der Waals surface area contributed by atoms with Crippen LogP contribution < -0.4 is 4.74 Å². The maximum atomic E-state index is 5.44. The zero-order valence-electron chi connectivity index (χ0n) is 7.52. The minimum atomic E-state index is 0.359. The molecule has 1 aromatic carbocycles. The van der Waals surface area contributed by atoms with E-state index >= 15 is 0 Å². The van der Waals surface area contributed by atoms with Crippen LogP contribution in [0.25, 0.3) is 0 Å². The van der Waals surface area contributed by atoms with Gasteiger partial charge < -0.3 is 4.74 Å². The molecule has 2 rings (SSSR count). The van der Waals surface area contributed by atoms with Gasteiger partial charge in [-0.25, -0.2) is 9.97 Å². The molecule has 5 heteroatoms. The molecule has 0 saturated carbocycles. The number of nitrogens with zero attached hydrogens (tertiary/aromatic N) is 2. The minimum absolute atomic E-state index is 0.359. The van der Waals surface area contributed by atoms with Gasteiger partial charge in [-0.15, -0.1) is 0 Å². The Labute approximate surface area is 109 Å². The maximum Gasteiger partial charge on any atom is 0.321 e. The molecule has 76 valence electrons. The van der Waals surface area contributed by atoms with Gasteiger partial charge in [0.2, 0.25) is 0 Å². The summed E-state index contributed by atoms with van der Waals surface area (Å²) in [6.45, 7) is 0. The number of aromatic nitrogens is 2. The van der Waals surface area contributed by atoms with E-state index in [-0.39, 0.29) is 0 Å². The lowest BCUT2D eigenvalue weighted by Crippen LogP contribution is -1.91. The minimum Gasteiger partial charge on any atom is -0.424 e. The Hall–Kier alpha value is -0.690. The van der Waals surface area contributed by atoms with Gasteiger partial charge in [-0.3, -0.25) is 0 Å². The van der Waals surface area contributed by atoms with E-state index in [4.69, 9.17) is 4.74 Å². The average molecular weight is 377 g/mol. The van der Waals surface area contributed by atoms with Crippen molar-refractivity contribution in [3.8, 4) is 11.8 Å². The van der Waals surface area contributed by atoms with Crippen LogP contribution in [0.3, 0.4) is 0 Å². The smallest absolute Gasteiger partial charge is 0.321 e. The zero-order valence-corrected chi connectivity index (χ0v) is 11.3. The highest BCUT2D eigenvalue weighted by Crippen LogP contribution is 2.20. The number of rotatable bonds is 2. The molecule has 0 fully saturated rings. The molecule has 0 amide bonds. The second-order valence-electron chi connectivity index (χ2n) is 2.74. The normalized spacial score (nSPS) is 10.0. The molecule has 1 aromatic heterocycles. The van der Waals surface area contributed by atoms with Crippen LogP contribution in [-0.4, -0.2) is 9.97 Å². The van der Waals surface area contributed by atoms with Crippen molar-refractivity contribution in [3.05, 3.63) is 44.7 Å². The van der Waals surface area contributed by atoms with E-state index in [1.807, 2.05) is 24.3 Å². The van der Waals surface area contributed by atoms with E-state index < -0.39 is 0 Å². The summed E-state index contributed by atoms with van der Waals surface area (Å²) in [6, 6.07) is 7.87. The monoisotopic (exact) mass is 376 g/mol. The van der Waals surface area contributed by atoms with Crippen molar-refractivity contribution in [1.82, 2.24) is 9.97 Å². The van der Waals surface area contributed by atoms with E-state index in [0.29, 0.717) is 6.01 Å². The highest BCUT2D eigenvalue weighted by molar-refractivity contribution is 14.1. The van der Waals surface area contributed by atoms with Gasteiger partial charge in [0, 0.05) is 20.4 Å². The third-order valence-corrected chi connectivity index (χ3v) is 2.71. The highest BCUT2D eigenvalue weighted by atomic mass is 127. The zero-order chi connectivity index (χ0) is 10.7. The van der Waals surface area contributed by atoms with Gasteiger partial charge in [0.25, 0.3) is 0 Å². The lowest BCUT2D eigenvalue weighted by Gasteiger charge is -2.02. The largest absolute Gasteiger partial charge is 0.424 e. The Balaban J connectivity index is 2.15. The molecule has 0 unspecified atom stereocenters. The summed E-state index contributed by atoms with van der Waals surface area (Å²) in [5.41, 5.74) is 0. The van der Waals surface area contributed by atoms with E-state index in [9.17, 15) is 0 Å². The number of ether oxygens (including phenoxy) is 1. The van der Waals surface area contributed by atoms with Gasteiger partial charge in [0.15, 0.2) is 0 Å². The molecular formula is C10H6BrIN2O. The van der Waals surface area contributed by atoms with Gasteiger partial charge in [-0.05, 0) is 46.9 Å². The van der Waals surface area contributed by atoms with Crippen molar-refractivity contribution in [2.75, 3.05) is 0 Å². The molecule has 0 spiro atoms. The van der Waals surface area contributed by atoms with Crippen LogP contribution >= 0.6 is 38.5 Å². The molecular weight excluding hydrogens is 371 g/mol. The lowest BCUT2D eigenvalue weighted by molar-refractivity contribution is 0.441. The molecule has 1 heterocycles. The van der Waals surface area contributed by atoms with Gasteiger partial charge in [-0.1, -0.05) is 15.9 Å². The predicted molar refractivity (Wildman–Crippen MR) is 69.0 cm³/mol. The molecule has 0 aliphatic heterocycles. The molecule has 0 radical (unpaired) electrons. The Morgan fingerprint density at radius 2 is 1.67 bits per heavy atom. The Bertz CT molecular complexity index is 400. The fourth-order valence-corrected chi connectivity index (χ4v) is 1.50. The summed E-state index contributed by atoms with van der Waals surface area (Å²) >= 11 is 5.50. The van der Waals surface area contributed by atoms with E-state index in [2.05, 4.69) is 48.5 Å². The Morgan fingerprint density at radius 3 is 2.27 bits per heavy atom. The molecule has 2 aromatic rings. The number of benzene rings is 1. The van der Waals surface area contributed by atoms with Crippen molar-refractivity contribution >= 4 is 38.5 Å². The molecule has 3 nitrogen and oxygen atoms in total. The van der Waals surface area contributed by atoms with Crippen LogP contribution in [0.2, 0.25) is 0 Å². The summed E-state index contributed by atoms with van der Waals surface area (Å²) in [6.07, 6.45) is 3.42. The van der Waals surface area contributed by atoms with Crippen LogP contribution in [0.15, 0.2) is 41.1 Å². The van der Waals surface area contributed by atoms with Crippen LogP contribution in [0.4, 0.5) is 0 Å². The Morgan fingerprint density at radius 1 is 1.07 bits per heavy atom. The van der Waals surface area contributed by atoms with Crippen LogP contribution in [-0.2, 0) is 0 Å². The maximum absolute atomic E-state index is 5.44. The van der Waals surface area contributed by atoms with E-state index in [0.717, 1.165) is 13.8 Å². The first-order chi connectivity index (χ1) is 7.24. The molecule has 0 aliphatic rings. The molecule has 0 atom stereocenters. The lowest BCUT2D eigenvalue weighted by atomic mass is 10.3. The number of halogens is 2. The summed E-state index contributed by atoms with van der Waals surface area (Å²) in [5, 5.41) is 0.